The highest BCUT2D eigenvalue weighted by Crippen LogP contribution is 2.35. The zero-order chi connectivity index (χ0) is 19.3. The van der Waals surface area contributed by atoms with E-state index in [1.165, 1.54) is 37.4 Å². The van der Waals surface area contributed by atoms with Crippen molar-refractivity contribution < 1.29 is 4.79 Å². The molecule has 0 radical (unpaired) electrons. The summed E-state index contributed by atoms with van der Waals surface area (Å²) in [5, 5.41) is 15.4. The van der Waals surface area contributed by atoms with Gasteiger partial charge in [0.1, 0.15) is 11.6 Å². The molecule has 2 aromatic heterocycles. The zero-order valence-electron chi connectivity index (χ0n) is 15.9. The van der Waals surface area contributed by atoms with Crippen molar-refractivity contribution in [3.05, 3.63) is 47.9 Å². The number of benzene rings is 1. The van der Waals surface area contributed by atoms with Crippen molar-refractivity contribution in [2.24, 2.45) is 0 Å². The van der Waals surface area contributed by atoms with E-state index in [0.29, 0.717) is 16.9 Å². The molecule has 1 amide bonds. The number of aromatic nitrogens is 5. The number of rotatable bonds is 7. The Morgan fingerprint density at radius 3 is 2.79 bits per heavy atom. The monoisotopic (exact) mass is 396 g/mol. The molecule has 1 saturated carbocycles. The Morgan fingerprint density at radius 2 is 2.07 bits per heavy atom. The van der Waals surface area contributed by atoms with Crippen molar-refractivity contribution in [1.29, 1.82) is 0 Å². The third-order valence-electron chi connectivity index (χ3n) is 4.95. The van der Waals surface area contributed by atoms with Crippen LogP contribution in [-0.4, -0.2) is 36.6 Å². The smallest absolute Gasteiger partial charge is 0.236 e. The van der Waals surface area contributed by atoms with Crippen molar-refractivity contribution in [3.63, 3.8) is 0 Å². The minimum absolute atomic E-state index is 0.0945. The number of hydrogen-bond acceptors (Lipinski definition) is 5. The van der Waals surface area contributed by atoms with E-state index < -0.39 is 0 Å². The van der Waals surface area contributed by atoms with Gasteiger partial charge in [-0.25, -0.2) is 9.67 Å². The maximum absolute atomic E-state index is 12.5. The molecular weight excluding hydrogens is 372 g/mol. The van der Waals surface area contributed by atoms with E-state index >= 15 is 0 Å². The first-order valence-corrected chi connectivity index (χ1v) is 10.7. The van der Waals surface area contributed by atoms with Crippen molar-refractivity contribution in [1.82, 2.24) is 25.0 Å². The van der Waals surface area contributed by atoms with Crippen LogP contribution in [-0.2, 0) is 11.2 Å². The Hall–Kier alpha value is -2.61. The first kappa shape index (κ1) is 18.7. The summed E-state index contributed by atoms with van der Waals surface area (Å²) >= 11 is 1.32. The summed E-state index contributed by atoms with van der Waals surface area (Å²) < 4.78 is 1.83. The Morgan fingerprint density at radius 1 is 1.29 bits per heavy atom. The summed E-state index contributed by atoms with van der Waals surface area (Å²) in [4.78, 5) is 16.9. The van der Waals surface area contributed by atoms with E-state index in [-0.39, 0.29) is 11.7 Å². The number of nitrogens with one attached hydrogen (secondary N) is 2. The lowest BCUT2D eigenvalue weighted by atomic mass is 10.0. The average molecular weight is 397 g/mol. The Balaban J connectivity index is 1.49. The molecular formula is C20H24N6OS. The highest BCUT2D eigenvalue weighted by Gasteiger charge is 2.22. The fraction of sp³-hybridized carbons (Fsp3) is 0.400. The lowest BCUT2D eigenvalue weighted by Crippen LogP contribution is -2.17. The van der Waals surface area contributed by atoms with Crippen LogP contribution in [0, 0.1) is 0 Å². The number of aryl methyl sites for hydroxylation is 1. The topological polar surface area (TPSA) is 88.5 Å². The molecule has 4 rings (SSSR count). The molecule has 0 bridgehead atoms. The standard InChI is InChI=1S/C20H24N6OS/c1-2-17-21-20(24-23-17)28-13-19(27)22-18-12-16(14-8-6-7-9-14)25-26(18)15-10-4-3-5-11-15/h3-5,10-12,14H,2,6-9,13H2,1H3,(H,22,27)(H,21,23,24). The van der Waals surface area contributed by atoms with E-state index in [4.69, 9.17) is 5.10 Å². The molecule has 1 aromatic carbocycles. The van der Waals surface area contributed by atoms with E-state index in [0.717, 1.165) is 23.6 Å². The first-order valence-electron chi connectivity index (χ1n) is 9.72. The zero-order valence-corrected chi connectivity index (χ0v) is 16.7. The van der Waals surface area contributed by atoms with Gasteiger partial charge in [-0.2, -0.15) is 5.10 Å². The van der Waals surface area contributed by atoms with Crippen LogP contribution in [0.5, 0.6) is 0 Å². The van der Waals surface area contributed by atoms with Gasteiger partial charge in [0.05, 0.1) is 17.1 Å². The Kier molecular flexibility index (Phi) is 5.76. The van der Waals surface area contributed by atoms with E-state index in [1.54, 1.807) is 0 Å². The van der Waals surface area contributed by atoms with Crippen molar-refractivity contribution in [2.75, 3.05) is 11.1 Å². The van der Waals surface area contributed by atoms with Crippen molar-refractivity contribution >= 4 is 23.5 Å². The van der Waals surface area contributed by atoms with E-state index in [2.05, 4.69) is 20.5 Å². The molecule has 8 heteroatoms. The fourth-order valence-electron chi connectivity index (χ4n) is 3.49. The second-order valence-corrected chi connectivity index (χ2v) is 7.88. The van der Waals surface area contributed by atoms with Crippen LogP contribution in [0.2, 0.25) is 0 Å². The van der Waals surface area contributed by atoms with Gasteiger partial charge in [-0.1, -0.05) is 49.7 Å². The van der Waals surface area contributed by atoms with Gasteiger partial charge >= 0.3 is 0 Å². The van der Waals surface area contributed by atoms with Crippen LogP contribution in [0.3, 0.4) is 0 Å². The molecule has 0 aliphatic heterocycles. The minimum Gasteiger partial charge on any atom is -0.310 e. The van der Waals surface area contributed by atoms with Crippen LogP contribution < -0.4 is 5.32 Å². The summed E-state index contributed by atoms with van der Waals surface area (Å²) in [6.07, 6.45) is 5.62. The van der Waals surface area contributed by atoms with Gasteiger partial charge in [0.15, 0.2) is 0 Å². The number of amides is 1. The molecule has 0 saturated heterocycles. The summed E-state index contributed by atoms with van der Waals surface area (Å²) in [7, 11) is 0. The van der Waals surface area contributed by atoms with Crippen LogP contribution in [0.1, 0.15) is 50.0 Å². The molecule has 1 fully saturated rings. The van der Waals surface area contributed by atoms with Crippen LogP contribution in [0.15, 0.2) is 41.6 Å². The second-order valence-electron chi connectivity index (χ2n) is 6.94. The largest absolute Gasteiger partial charge is 0.310 e. The lowest BCUT2D eigenvalue weighted by Gasteiger charge is -2.08. The predicted molar refractivity (Wildman–Crippen MR) is 110 cm³/mol. The van der Waals surface area contributed by atoms with E-state index in [9.17, 15) is 4.79 Å². The number of hydrogen-bond donors (Lipinski definition) is 2. The molecule has 28 heavy (non-hydrogen) atoms. The summed E-state index contributed by atoms with van der Waals surface area (Å²) in [5.41, 5.74) is 2.00. The van der Waals surface area contributed by atoms with Gasteiger partial charge in [-0.3, -0.25) is 9.89 Å². The second kappa shape index (κ2) is 8.60. The molecule has 3 aromatic rings. The molecule has 1 aliphatic carbocycles. The molecule has 0 atom stereocenters. The molecule has 1 aliphatic rings. The minimum atomic E-state index is -0.0945. The number of thioether (sulfide) groups is 1. The molecule has 0 unspecified atom stereocenters. The van der Waals surface area contributed by atoms with E-state index in [1.807, 2.05) is 48.0 Å². The molecule has 2 N–H and O–H groups in total. The molecule has 146 valence electrons. The number of anilines is 1. The Labute approximate surface area is 168 Å². The fourth-order valence-corrected chi connectivity index (χ4v) is 4.10. The lowest BCUT2D eigenvalue weighted by molar-refractivity contribution is -0.113. The Bertz CT molecular complexity index is 929. The van der Waals surface area contributed by atoms with Gasteiger partial charge in [0, 0.05) is 18.4 Å². The van der Waals surface area contributed by atoms with Crippen LogP contribution in [0.25, 0.3) is 5.69 Å². The SMILES string of the molecule is CCc1nc(SCC(=O)Nc2cc(C3CCCC3)nn2-c2ccccc2)n[nH]1. The maximum Gasteiger partial charge on any atom is 0.236 e. The average Bonchev–Trinajstić information content (AvgIpc) is 3.47. The molecule has 7 nitrogen and oxygen atoms in total. The number of H-pyrrole nitrogens is 1. The first-order chi connectivity index (χ1) is 13.7. The summed E-state index contributed by atoms with van der Waals surface area (Å²) in [6, 6.07) is 11.9. The molecule has 0 spiro atoms. The van der Waals surface area contributed by atoms with Gasteiger partial charge in [0.25, 0.3) is 0 Å². The highest BCUT2D eigenvalue weighted by molar-refractivity contribution is 7.99. The quantitative estimate of drug-likeness (QED) is 0.591. The van der Waals surface area contributed by atoms with Gasteiger partial charge in [-0.05, 0) is 25.0 Å². The highest BCUT2D eigenvalue weighted by atomic mass is 32.2. The van der Waals surface area contributed by atoms with Crippen molar-refractivity contribution in [3.8, 4) is 5.69 Å². The third-order valence-corrected chi connectivity index (χ3v) is 5.80. The summed E-state index contributed by atoms with van der Waals surface area (Å²) in [6.45, 7) is 2.01. The number of aromatic amines is 1. The number of carbonyl (C=O) groups excluding carboxylic acids is 1. The summed E-state index contributed by atoms with van der Waals surface area (Å²) in [5.74, 6) is 2.17. The predicted octanol–water partition coefficient (Wildman–Crippen LogP) is 3.94. The number of nitrogens with zero attached hydrogens (tertiary/aromatic N) is 4. The number of carbonyl (C=O) groups is 1. The van der Waals surface area contributed by atoms with Crippen LogP contribution >= 0.6 is 11.8 Å². The van der Waals surface area contributed by atoms with Gasteiger partial charge in [0.2, 0.25) is 11.1 Å². The maximum atomic E-state index is 12.5. The van der Waals surface area contributed by atoms with Gasteiger partial charge < -0.3 is 5.32 Å². The van der Waals surface area contributed by atoms with Gasteiger partial charge in [-0.15, -0.1) is 5.10 Å². The number of para-hydroxylation sites is 1. The molecule has 2 heterocycles. The normalized spacial score (nSPS) is 14.5. The third kappa shape index (κ3) is 4.27. The van der Waals surface area contributed by atoms with Crippen LogP contribution in [0.4, 0.5) is 5.82 Å². The van der Waals surface area contributed by atoms with Crippen molar-refractivity contribution in [2.45, 2.75) is 50.1 Å².